The van der Waals surface area contributed by atoms with Gasteiger partial charge in [-0.1, -0.05) is 31.2 Å². The Morgan fingerprint density at radius 1 is 1.20 bits per heavy atom. The molecular weight excluding hydrogens is 509 g/mol. The van der Waals surface area contributed by atoms with E-state index < -0.39 is 29.6 Å². The van der Waals surface area contributed by atoms with Crippen molar-refractivity contribution in [2.45, 2.75) is 64.3 Å². The Bertz CT molecular complexity index is 1550. The molecule has 2 saturated carbocycles. The second-order valence-electron chi connectivity index (χ2n) is 12.6. The number of nitrogens with one attached hydrogen (secondary N) is 1. The summed E-state index contributed by atoms with van der Waals surface area (Å²) in [6.45, 7) is 7.58. The molecule has 3 aliphatic rings. The van der Waals surface area contributed by atoms with E-state index in [0.717, 1.165) is 22.9 Å². The molecule has 0 radical (unpaired) electrons. The van der Waals surface area contributed by atoms with Crippen molar-refractivity contribution in [2.24, 2.45) is 30.7 Å². The molecule has 7 atom stereocenters. The van der Waals surface area contributed by atoms with Gasteiger partial charge < -0.3 is 10.1 Å². The highest BCUT2D eigenvalue weighted by atomic mass is 19.1. The first-order valence-electron chi connectivity index (χ1n) is 13.9. The molecular formula is C31H34FN5O3. The first kappa shape index (κ1) is 26.3. The number of aryl methyl sites for hydroxylation is 1. The van der Waals surface area contributed by atoms with Crippen LogP contribution in [0.1, 0.15) is 39.7 Å². The number of amides is 2. The minimum Gasteiger partial charge on any atom is -0.444 e. The highest BCUT2D eigenvalue weighted by Gasteiger charge is 2.71. The Kier molecular flexibility index (Phi) is 6.13. The van der Waals surface area contributed by atoms with Gasteiger partial charge in [-0.2, -0.15) is 10.4 Å². The molecule has 3 aromatic rings. The first-order valence-corrected chi connectivity index (χ1v) is 13.9. The van der Waals surface area contributed by atoms with Crippen LogP contribution < -0.4 is 5.32 Å². The summed E-state index contributed by atoms with van der Waals surface area (Å²) < 4.78 is 22.7. The van der Waals surface area contributed by atoms with Crippen LogP contribution in [0.25, 0.3) is 22.0 Å². The first-order chi connectivity index (χ1) is 19.0. The molecule has 9 heteroatoms. The van der Waals surface area contributed by atoms with E-state index in [9.17, 15) is 14.9 Å². The van der Waals surface area contributed by atoms with Crippen LogP contribution in [0.5, 0.6) is 0 Å². The molecule has 2 heterocycles. The molecule has 2 aliphatic carbocycles. The summed E-state index contributed by atoms with van der Waals surface area (Å²) in [6.07, 6.45) is 2.09. The van der Waals surface area contributed by atoms with E-state index in [1.54, 1.807) is 42.6 Å². The number of aromatic nitrogens is 2. The summed E-state index contributed by atoms with van der Waals surface area (Å²) in [5.41, 5.74) is 2.17. The molecule has 0 unspecified atom stereocenters. The smallest absolute Gasteiger partial charge is 0.411 e. The van der Waals surface area contributed by atoms with Gasteiger partial charge in [-0.3, -0.25) is 14.4 Å². The standard InChI is InChI=1S/C31H34FN5O3/c1-16-26-22-13-25(27(16)26)37(30(39)40-31(2,3)4)28(22)29(38)35-21(14-33)10-19-8-6-17(11-23(19)32)18-7-9-20-15-34-36(5)24(20)12-18/h6-9,11-12,15-16,21-22,25-28H,10,13H2,1-5H3,(H,35,38)/t16-,21-,22+,25-,26-,27+,28-/m0/s1. The number of nitrogens with zero attached hydrogens (tertiary/aromatic N) is 4. The maximum Gasteiger partial charge on any atom is 0.411 e. The Balaban J connectivity index is 1.18. The Labute approximate surface area is 233 Å². The third kappa shape index (κ3) is 4.40. The third-order valence-electron chi connectivity index (χ3n) is 8.94. The van der Waals surface area contributed by atoms with Crippen molar-refractivity contribution in [3.63, 3.8) is 0 Å². The van der Waals surface area contributed by atoms with Gasteiger partial charge >= 0.3 is 6.09 Å². The lowest BCUT2D eigenvalue weighted by molar-refractivity contribution is -0.128. The lowest BCUT2D eigenvalue weighted by Crippen LogP contribution is -2.56. The van der Waals surface area contributed by atoms with Crippen molar-refractivity contribution < 1.29 is 18.7 Å². The van der Waals surface area contributed by atoms with Crippen molar-refractivity contribution >= 4 is 22.9 Å². The van der Waals surface area contributed by atoms with Gasteiger partial charge in [-0.15, -0.1) is 0 Å². The van der Waals surface area contributed by atoms with Crippen molar-refractivity contribution in [3.8, 4) is 17.2 Å². The van der Waals surface area contributed by atoms with Crippen LogP contribution in [0.15, 0.2) is 42.6 Å². The van der Waals surface area contributed by atoms with Gasteiger partial charge in [0.2, 0.25) is 5.91 Å². The highest BCUT2D eigenvalue weighted by molar-refractivity contribution is 5.88. The SMILES string of the molecule is C[C@H]1[C@H]2[C@H]3C[C@@H]([C@@H]12)N(C(=O)OC(C)(C)C)[C@@H]3C(=O)N[C@H](C#N)Cc1ccc(-c2ccc3cnn(C)c3c2)cc1F. The van der Waals surface area contributed by atoms with Crippen molar-refractivity contribution in [3.05, 3.63) is 54.0 Å². The number of piperidine rings is 1. The van der Waals surface area contributed by atoms with Gasteiger partial charge in [-0.25, -0.2) is 9.18 Å². The van der Waals surface area contributed by atoms with E-state index in [1.165, 1.54) is 6.07 Å². The van der Waals surface area contributed by atoms with Crippen LogP contribution in [0, 0.1) is 40.8 Å². The second kappa shape index (κ2) is 9.33. The third-order valence-corrected chi connectivity index (χ3v) is 8.94. The van der Waals surface area contributed by atoms with E-state index >= 15 is 4.39 Å². The molecule has 208 valence electrons. The monoisotopic (exact) mass is 543 g/mol. The lowest BCUT2D eigenvalue weighted by Gasteiger charge is -2.35. The molecule has 0 spiro atoms. The van der Waals surface area contributed by atoms with E-state index in [2.05, 4.69) is 23.4 Å². The summed E-state index contributed by atoms with van der Waals surface area (Å²) in [6, 6.07) is 11.2. The van der Waals surface area contributed by atoms with Gasteiger partial charge in [0.05, 0.1) is 17.8 Å². The van der Waals surface area contributed by atoms with Gasteiger partial charge in [0.15, 0.2) is 0 Å². The number of halogens is 1. The number of fused-ring (bicyclic) bond motifs is 6. The quantitative estimate of drug-likeness (QED) is 0.497. The van der Waals surface area contributed by atoms with Gasteiger partial charge in [0.25, 0.3) is 0 Å². The summed E-state index contributed by atoms with van der Waals surface area (Å²) in [7, 11) is 1.86. The number of carbonyl (C=O) groups excluding carboxylic acids is 2. The number of likely N-dealkylation sites (tertiary alicyclic amines) is 1. The van der Waals surface area contributed by atoms with Gasteiger partial charge in [0, 0.05) is 24.9 Å². The van der Waals surface area contributed by atoms with Crippen LogP contribution in [-0.2, 0) is 23.0 Å². The lowest BCUT2D eigenvalue weighted by atomic mass is 9.94. The largest absolute Gasteiger partial charge is 0.444 e. The number of hydrogen-bond acceptors (Lipinski definition) is 5. The molecule has 1 saturated heterocycles. The molecule has 6 rings (SSSR count). The van der Waals surface area contributed by atoms with Crippen LogP contribution in [0.2, 0.25) is 0 Å². The molecule has 8 nitrogen and oxygen atoms in total. The highest BCUT2D eigenvalue weighted by Crippen LogP contribution is 2.67. The number of hydrogen-bond donors (Lipinski definition) is 1. The van der Waals surface area contributed by atoms with Crippen LogP contribution in [0.3, 0.4) is 0 Å². The molecule has 3 fully saturated rings. The molecule has 2 bridgehead atoms. The Hall–Kier alpha value is -3.93. The molecule has 1 aromatic heterocycles. The number of carbonyl (C=O) groups is 2. The Morgan fingerprint density at radius 3 is 2.62 bits per heavy atom. The summed E-state index contributed by atoms with van der Waals surface area (Å²) in [5, 5.41) is 17.9. The zero-order chi connectivity index (χ0) is 28.5. The molecule has 2 amide bonds. The summed E-state index contributed by atoms with van der Waals surface area (Å²) in [4.78, 5) is 28.3. The number of ether oxygens (including phenoxy) is 1. The maximum atomic E-state index is 15.2. The van der Waals surface area contributed by atoms with Crippen molar-refractivity contribution in [1.82, 2.24) is 20.0 Å². The maximum absolute atomic E-state index is 15.2. The minimum absolute atomic E-state index is 0.0187. The zero-order valence-electron chi connectivity index (χ0n) is 23.4. The van der Waals surface area contributed by atoms with Gasteiger partial charge in [-0.05, 0) is 79.7 Å². The second-order valence-corrected chi connectivity index (χ2v) is 12.6. The van der Waals surface area contributed by atoms with E-state index in [1.807, 2.05) is 31.3 Å². The van der Waals surface area contributed by atoms with E-state index in [0.29, 0.717) is 28.9 Å². The summed E-state index contributed by atoms with van der Waals surface area (Å²) >= 11 is 0. The fourth-order valence-electron chi connectivity index (χ4n) is 7.16. The Morgan fingerprint density at radius 2 is 1.93 bits per heavy atom. The number of nitriles is 1. The molecule has 1 N–H and O–H groups in total. The molecule has 40 heavy (non-hydrogen) atoms. The van der Waals surface area contributed by atoms with E-state index in [4.69, 9.17) is 4.74 Å². The topological polar surface area (TPSA) is 100 Å². The minimum atomic E-state index is -0.939. The van der Waals surface area contributed by atoms with Crippen molar-refractivity contribution in [2.75, 3.05) is 0 Å². The van der Waals surface area contributed by atoms with Gasteiger partial charge in [0.1, 0.15) is 23.5 Å². The normalized spacial score (nSPS) is 27.3. The molecule has 1 aliphatic heterocycles. The number of benzene rings is 2. The molecule has 2 aromatic carbocycles. The fraction of sp³-hybridized carbons (Fsp3) is 0.484. The predicted molar refractivity (Wildman–Crippen MR) is 147 cm³/mol. The van der Waals surface area contributed by atoms with Crippen LogP contribution in [-0.4, -0.2) is 50.4 Å². The van der Waals surface area contributed by atoms with Crippen molar-refractivity contribution in [1.29, 1.82) is 5.26 Å². The fourth-order valence-corrected chi connectivity index (χ4v) is 7.16. The predicted octanol–water partition coefficient (Wildman–Crippen LogP) is 4.82. The average molecular weight is 544 g/mol. The average Bonchev–Trinajstić information content (AvgIpc) is 3.21. The van der Waals surface area contributed by atoms with Crippen LogP contribution in [0.4, 0.5) is 9.18 Å². The number of rotatable bonds is 5. The summed E-state index contributed by atoms with van der Waals surface area (Å²) in [5.74, 6) is 0.509. The zero-order valence-corrected chi connectivity index (χ0v) is 23.4. The van der Waals surface area contributed by atoms with E-state index in [-0.39, 0.29) is 24.3 Å². The van der Waals surface area contributed by atoms with Crippen LogP contribution >= 0.6 is 0 Å².